The summed E-state index contributed by atoms with van der Waals surface area (Å²) in [5.41, 5.74) is -1.01. The van der Waals surface area contributed by atoms with Crippen molar-refractivity contribution in [3.8, 4) is 0 Å². The largest absolute Gasteiger partial charge is 0.281 e. The second-order valence-electron chi connectivity index (χ2n) is 2.48. The summed E-state index contributed by atoms with van der Waals surface area (Å²) >= 11 is 10.9. The average molecular weight is 277 g/mol. The fourth-order valence-electron chi connectivity index (χ4n) is 0.889. The maximum absolute atomic E-state index is 12.4. The number of halogens is 4. The van der Waals surface area contributed by atoms with Crippen LogP contribution in [0.4, 0.5) is 8.78 Å². The highest BCUT2D eigenvalue weighted by molar-refractivity contribution is 7.89. The van der Waals surface area contributed by atoms with Gasteiger partial charge in [-0.2, -0.15) is 0 Å². The topological polar surface area (TPSA) is 73.1 Å². The van der Waals surface area contributed by atoms with E-state index in [-0.39, 0.29) is 5.02 Å². The van der Waals surface area contributed by atoms with Gasteiger partial charge < -0.3 is 0 Å². The highest BCUT2D eigenvalue weighted by atomic mass is 35.5. The third-order valence-corrected chi connectivity index (χ3v) is 3.32. The van der Waals surface area contributed by atoms with Gasteiger partial charge in [0.05, 0.1) is 10.0 Å². The van der Waals surface area contributed by atoms with Crippen molar-refractivity contribution >= 4 is 33.2 Å². The predicted octanol–water partition coefficient (Wildman–Crippen LogP) is 1.97. The fraction of sp³-hybridized carbons (Fsp3) is 0.167. The molecule has 9 heteroatoms. The SMILES string of the molecule is NS(=O)(=O)c1c(C(F)F)ncc(Cl)c1Cl. The van der Waals surface area contributed by atoms with Crippen LogP contribution < -0.4 is 5.14 Å². The number of primary sulfonamides is 1. The van der Waals surface area contributed by atoms with Gasteiger partial charge in [-0.1, -0.05) is 23.2 Å². The molecule has 0 saturated heterocycles. The Morgan fingerprint density at radius 2 is 1.93 bits per heavy atom. The summed E-state index contributed by atoms with van der Waals surface area (Å²) in [5.74, 6) is 0. The predicted molar refractivity (Wildman–Crippen MR) is 50.6 cm³/mol. The van der Waals surface area contributed by atoms with Crippen LogP contribution in [0.3, 0.4) is 0 Å². The molecule has 0 spiro atoms. The molecule has 0 aliphatic carbocycles. The number of alkyl halides is 2. The van der Waals surface area contributed by atoms with Gasteiger partial charge in [0.2, 0.25) is 10.0 Å². The number of hydrogen-bond acceptors (Lipinski definition) is 3. The first kappa shape index (κ1) is 12.6. The van der Waals surface area contributed by atoms with Crippen molar-refractivity contribution in [2.24, 2.45) is 5.14 Å². The maximum atomic E-state index is 12.4. The Hall–Kier alpha value is -0.500. The van der Waals surface area contributed by atoms with Crippen LogP contribution in [0.2, 0.25) is 10.0 Å². The lowest BCUT2D eigenvalue weighted by Crippen LogP contribution is -2.16. The van der Waals surface area contributed by atoms with Crippen LogP contribution in [0.5, 0.6) is 0 Å². The van der Waals surface area contributed by atoms with Crippen LogP contribution in [0.15, 0.2) is 11.1 Å². The van der Waals surface area contributed by atoms with E-state index in [1.54, 1.807) is 0 Å². The lowest BCUT2D eigenvalue weighted by molar-refractivity contribution is 0.142. The standard InChI is InChI=1S/C6H4Cl2F2N2O2S/c7-2-1-12-4(6(9)10)5(3(2)8)15(11,13)14/h1,6H,(H2,11,13,14). The molecule has 0 aliphatic heterocycles. The van der Waals surface area contributed by atoms with Crippen molar-refractivity contribution in [1.82, 2.24) is 4.98 Å². The Morgan fingerprint density at radius 3 is 2.33 bits per heavy atom. The van der Waals surface area contributed by atoms with Crippen LogP contribution in [0.1, 0.15) is 12.1 Å². The van der Waals surface area contributed by atoms with Gasteiger partial charge in [-0.25, -0.2) is 22.3 Å². The van der Waals surface area contributed by atoms with Crippen molar-refractivity contribution in [1.29, 1.82) is 0 Å². The number of nitrogens with two attached hydrogens (primary N) is 1. The molecule has 0 saturated carbocycles. The first-order chi connectivity index (χ1) is 6.75. The van der Waals surface area contributed by atoms with Crippen LogP contribution in [0.25, 0.3) is 0 Å². The minimum Gasteiger partial charge on any atom is -0.252 e. The molecule has 0 bridgehead atoms. The van der Waals surface area contributed by atoms with Gasteiger partial charge in [-0.15, -0.1) is 0 Å². The van der Waals surface area contributed by atoms with E-state index in [0.29, 0.717) is 0 Å². The molecular formula is C6H4Cl2F2N2O2S. The van der Waals surface area contributed by atoms with Crippen molar-refractivity contribution in [2.45, 2.75) is 11.3 Å². The number of pyridine rings is 1. The van der Waals surface area contributed by atoms with Gasteiger partial charge in [-0.05, 0) is 0 Å². The monoisotopic (exact) mass is 276 g/mol. The van der Waals surface area contributed by atoms with Crippen LogP contribution >= 0.6 is 23.2 Å². The summed E-state index contributed by atoms with van der Waals surface area (Å²) in [6, 6.07) is 0. The molecule has 2 N–H and O–H groups in total. The second-order valence-corrected chi connectivity index (χ2v) is 4.76. The van der Waals surface area contributed by atoms with Crippen molar-refractivity contribution in [3.63, 3.8) is 0 Å². The summed E-state index contributed by atoms with van der Waals surface area (Å²) in [5, 5.41) is 3.91. The number of nitrogens with zero attached hydrogens (tertiary/aromatic N) is 1. The van der Waals surface area contributed by atoms with Gasteiger partial charge in [0.25, 0.3) is 6.43 Å². The lowest BCUT2D eigenvalue weighted by atomic mass is 10.3. The van der Waals surface area contributed by atoms with E-state index in [0.717, 1.165) is 6.20 Å². The van der Waals surface area contributed by atoms with E-state index < -0.39 is 32.1 Å². The lowest BCUT2D eigenvalue weighted by Gasteiger charge is -2.08. The molecule has 1 aromatic heterocycles. The normalized spacial score (nSPS) is 12.1. The van der Waals surface area contributed by atoms with Crippen LogP contribution in [-0.2, 0) is 10.0 Å². The summed E-state index contributed by atoms with van der Waals surface area (Å²) < 4.78 is 46.8. The molecule has 1 rings (SSSR count). The minimum absolute atomic E-state index is 0.259. The molecule has 0 amide bonds. The average Bonchev–Trinajstić information content (AvgIpc) is 2.06. The zero-order chi connectivity index (χ0) is 11.8. The molecule has 4 nitrogen and oxygen atoms in total. The quantitative estimate of drug-likeness (QED) is 0.898. The van der Waals surface area contributed by atoms with Crippen molar-refractivity contribution in [3.05, 3.63) is 21.9 Å². The first-order valence-electron chi connectivity index (χ1n) is 3.40. The maximum Gasteiger partial charge on any atom is 0.281 e. The number of sulfonamides is 1. The Morgan fingerprint density at radius 1 is 1.40 bits per heavy atom. The first-order valence-corrected chi connectivity index (χ1v) is 5.70. The summed E-state index contributed by atoms with van der Waals surface area (Å²) in [7, 11) is -4.39. The van der Waals surface area contributed by atoms with E-state index in [4.69, 9.17) is 28.3 Å². The van der Waals surface area contributed by atoms with Gasteiger partial charge in [0.1, 0.15) is 10.6 Å². The van der Waals surface area contributed by atoms with Gasteiger partial charge >= 0.3 is 0 Å². The molecule has 0 atom stereocenters. The Bertz CT molecular complexity index is 492. The number of rotatable bonds is 2. The second kappa shape index (κ2) is 4.17. The highest BCUT2D eigenvalue weighted by Crippen LogP contribution is 2.33. The smallest absolute Gasteiger partial charge is 0.252 e. The van der Waals surface area contributed by atoms with Gasteiger partial charge in [0, 0.05) is 6.20 Å². The van der Waals surface area contributed by atoms with Crippen molar-refractivity contribution in [2.75, 3.05) is 0 Å². The number of aromatic nitrogens is 1. The van der Waals surface area contributed by atoms with E-state index in [1.807, 2.05) is 0 Å². The zero-order valence-electron chi connectivity index (χ0n) is 6.92. The molecule has 0 fully saturated rings. The van der Waals surface area contributed by atoms with Crippen LogP contribution in [-0.4, -0.2) is 13.4 Å². The van der Waals surface area contributed by atoms with Crippen molar-refractivity contribution < 1.29 is 17.2 Å². The molecule has 0 aromatic carbocycles. The molecule has 0 aliphatic rings. The van der Waals surface area contributed by atoms with Gasteiger partial charge in [-0.3, -0.25) is 4.98 Å². The highest BCUT2D eigenvalue weighted by Gasteiger charge is 2.26. The molecule has 1 aromatic rings. The fourth-order valence-corrected chi connectivity index (χ4v) is 2.35. The number of hydrogen-bond donors (Lipinski definition) is 1. The molecule has 84 valence electrons. The van der Waals surface area contributed by atoms with E-state index in [1.165, 1.54) is 0 Å². The molecule has 0 unspecified atom stereocenters. The summed E-state index contributed by atoms with van der Waals surface area (Å²) in [6.07, 6.45) is -2.27. The third-order valence-electron chi connectivity index (χ3n) is 1.45. The summed E-state index contributed by atoms with van der Waals surface area (Å²) in [6.45, 7) is 0. The van der Waals surface area contributed by atoms with E-state index in [2.05, 4.69) is 4.98 Å². The Balaban J connectivity index is 3.65. The molecule has 0 radical (unpaired) electrons. The minimum atomic E-state index is -4.39. The van der Waals surface area contributed by atoms with E-state index in [9.17, 15) is 17.2 Å². The summed E-state index contributed by atoms with van der Waals surface area (Å²) in [4.78, 5) is 2.24. The molecule has 15 heavy (non-hydrogen) atoms. The van der Waals surface area contributed by atoms with Gasteiger partial charge in [0.15, 0.2) is 0 Å². The van der Waals surface area contributed by atoms with E-state index >= 15 is 0 Å². The zero-order valence-corrected chi connectivity index (χ0v) is 9.24. The Labute approximate surface area is 94.1 Å². The Kier molecular flexibility index (Phi) is 3.49. The van der Waals surface area contributed by atoms with Crippen LogP contribution in [0, 0.1) is 0 Å². The third kappa shape index (κ3) is 2.54. The molecular weight excluding hydrogens is 273 g/mol. The molecule has 1 heterocycles.